The fraction of sp³-hybridized carbons (Fsp3) is 0.233. The number of fused-ring (bicyclic) bond motifs is 1. The zero-order chi connectivity index (χ0) is 28.6. The van der Waals surface area contributed by atoms with Crippen molar-refractivity contribution < 1.29 is 33.6 Å². The van der Waals surface area contributed by atoms with Crippen LogP contribution in [0.25, 0.3) is 16.0 Å². The summed E-state index contributed by atoms with van der Waals surface area (Å²) in [6, 6.07) is 14.7. The minimum atomic E-state index is -1.03. The van der Waals surface area contributed by atoms with E-state index >= 15 is 0 Å². The molecule has 0 saturated carbocycles. The zero-order valence-corrected chi connectivity index (χ0v) is 23.5. The Kier molecular flexibility index (Phi) is 7.36. The maximum Gasteiger partial charge on any atom is 0.301 e. The highest BCUT2D eigenvalue weighted by Crippen LogP contribution is 2.48. The molecular weight excluding hydrogens is 532 g/mol. The quantitative estimate of drug-likeness (QED) is 0.167. The van der Waals surface area contributed by atoms with E-state index in [1.165, 1.54) is 37.6 Å². The second-order valence-electron chi connectivity index (χ2n) is 9.05. The predicted octanol–water partition coefficient (Wildman–Crippen LogP) is 5.66. The van der Waals surface area contributed by atoms with Gasteiger partial charge in [-0.15, -0.1) is 0 Å². The van der Waals surface area contributed by atoms with Gasteiger partial charge in [-0.3, -0.25) is 14.5 Å². The number of nitrogens with zero attached hydrogens (tertiary/aromatic N) is 2. The summed E-state index contributed by atoms with van der Waals surface area (Å²) >= 11 is 1.29. The van der Waals surface area contributed by atoms with Crippen LogP contribution in [-0.2, 0) is 9.59 Å². The molecule has 1 aliphatic heterocycles. The molecule has 1 aromatic heterocycles. The molecule has 206 valence electrons. The van der Waals surface area contributed by atoms with Gasteiger partial charge in [-0.2, -0.15) is 0 Å². The fourth-order valence-corrected chi connectivity index (χ4v) is 5.85. The second kappa shape index (κ2) is 10.9. The standard InChI is InChI=1S/C30H28N2O7S/c1-6-39-19-10-8-17(9-11-19)26(33)24-25(18-14-21(36-3)28(38-5)22(15-18)37-4)32(29(35)27(24)34)30-31-20-12-7-16(2)13-23(20)40-30/h7-15,25,33H,6H2,1-5H3. The first-order chi connectivity index (χ1) is 19.3. The molecule has 0 radical (unpaired) electrons. The van der Waals surface area contributed by atoms with Crippen LogP contribution in [0.5, 0.6) is 23.0 Å². The third-order valence-corrected chi connectivity index (χ3v) is 7.64. The molecule has 40 heavy (non-hydrogen) atoms. The minimum absolute atomic E-state index is 0.0844. The Balaban J connectivity index is 1.75. The van der Waals surface area contributed by atoms with E-state index in [-0.39, 0.29) is 11.3 Å². The van der Waals surface area contributed by atoms with Crippen molar-refractivity contribution in [2.75, 3.05) is 32.8 Å². The maximum atomic E-state index is 13.6. The number of carbonyl (C=O) groups excluding carboxylic acids is 2. The van der Waals surface area contributed by atoms with Gasteiger partial charge in [0.1, 0.15) is 11.5 Å². The summed E-state index contributed by atoms with van der Waals surface area (Å²) in [7, 11) is 4.45. The van der Waals surface area contributed by atoms with E-state index in [2.05, 4.69) is 4.98 Å². The normalized spacial score (nSPS) is 16.4. The van der Waals surface area contributed by atoms with E-state index in [4.69, 9.17) is 18.9 Å². The Morgan fingerprint density at radius 1 is 0.975 bits per heavy atom. The van der Waals surface area contributed by atoms with E-state index in [1.807, 2.05) is 32.0 Å². The first-order valence-corrected chi connectivity index (χ1v) is 13.3. The number of aromatic nitrogens is 1. The van der Waals surface area contributed by atoms with Crippen molar-refractivity contribution in [1.29, 1.82) is 0 Å². The molecule has 9 nitrogen and oxygen atoms in total. The van der Waals surface area contributed by atoms with Crippen LogP contribution in [0.3, 0.4) is 0 Å². The third kappa shape index (κ3) is 4.60. The lowest BCUT2D eigenvalue weighted by Crippen LogP contribution is -2.29. The number of thiazole rings is 1. The van der Waals surface area contributed by atoms with Crippen LogP contribution in [0, 0.1) is 6.92 Å². The van der Waals surface area contributed by atoms with Gasteiger partial charge >= 0.3 is 5.91 Å². The average molecular weight is 561 g/mol. The van der Waals surface area contributed by atoms with Crippen LogP contribution in [-0.4, -0.2) is 49.7 Å². The molecule has 1 amide bonds. The number of hydrogen-bond donors (Lipinski definition) is 1. The number of aryl methyl sites for hydroxylation is 1. The number of hydrogen-bond acceptors (Lipinski definition) is 9. The molecule has 1 atom stereocenters. The van der Waals surface area contributed by atoms with Crippen molar-refractivity contribution in [3.63, 3.8) is 0 Å². The van der Waals surface area contributed by atoms with Gasteiger partial charge in [-0.25, -0.2) is 4.98 Å². The molecule has 5 rings (SSSR count). The Hall–Kier alpha value is -4.57. The molecule has 3 aromatic carbocycles. The lowest BCUT2D eigenvalue weighted by atomic mass is 9.94. The van der Waals surface area contributed by atoms with Gasteiger partial charge in [-0.1, -0.05) is 17.4 Å². The molecule has 0 bridgehead atoms. The van der Waals surface area contributed by atoms with Crippen LogP contribution in [0.15, 0.2) is 60.2 Å². The summed E-state index contributed by atoms with van der Waals surface area (Å²) in [6.45, 7) is 4.33. The van der Waals surface area contributed by atoms with Gasteiger partial charge in [0.2, 0.25) is 5.75 Å². The SMILES string of the molecule is CCOc1ccc(C(O)=C2C(=O)C(=O)N(c3nc4ccc(C)cc4s3)C2c2cc(OC)c(OC)c(OC)c2)cc1. The summed E-state index contributed by atoms with van der Waals surface area (Å²) < 4.78 is 23.0. The molecule has 0 aliphatic carbocycles. The van der Waals surface area contributed by atoms with Crippen molar-refractivity contribution in [3.05, 3.63) is 76.9 Å². The fourth-order valence-electron chi connectivity index (χ4n) is 4.76. The molecule has 2 heterocycles. The van der Waals surface area contributed by atoms with Gasteiger partial charge in [0.05, 0.1) is 49.8 Å². The number of aliphatic hydroxyl groups excluding tert-OH is 1. The Labute approximate surface area is 235 Å². The van der Waals surface area contributed by atoms with Gasteiger partial charge < -0.3 is 24.1 Å². The summed E-state index contributed by atoms with van der Waals surface area (Å²) in [5, 5.41) is 11.8. The summed E-state index contributed by atoms with van der Waals surface area (Å²) in [5.41, 5.74) is 2.48. The minimum Gasteiger partial charge on any atom is -0.507 e. The molecule has 10 heteroatoms. The Morgan fingerprint density at radius 2 is 1.65 bits per heavy atom. The van der Waals surface area contributed by atoms with E-state index < -0.39 is 17.7 Å². The highest BCUT2D eigenvalue weighted by molar-refractivity contribution is 7.22. The smallest absolute Gasteiger partial charge is 0.301 e. The molecule has 1 unspecified atom stereocenters. The average Bonchev–Trinajstić information content (AvgIpc) is 3.49. The third-order valence-electron chi connectivity index (χ3n) is 6.62. The summed E-state index contributed by atoms with van der Waals surface area (Å²) in [5.74, 6) is -0.313. The van der Waals surface area contributed by atoms with Crippen LogP contribution in [0.2, 0.25) is 0 Å². The topological polar surface area (TPSA) is 107 Å². The zero-order valence-electron chi connectivity index (χ0n) is 22.7. The summed E-state index contributed by atoms with van der Waals surface area (Å²) in [4.78, 5) is 33.3. The Bertz CT molecular complexity index is 1620. The van der Waals surface area contributed by atoms with Crippen molar-refractivity contribution >= 4 is 44.1 Å². The number of Topliss-reactive ketones (excluding diaryl/α,β-unsaturated/α-hetero) is 1. The lowest BCUT2D eigenvalue weighted by Gasteiger charge is -2.24. The van der Waals surface area contributed by atoms with E-state index in [1.54, 1.807) is 36.4 Å². The number of rotatable bonds is 8. The number of ether oxygens (including phenoxy) is 4. The number of benzene rings is 3. The molecule has 1 N–H and O–H groups in total. The van der Waals surface area contributed by atoms with E-state index in [0.717, 1.165) is 10.3 Å². The number of anilines is 1. The van der Waals surface area contributed by atoms with Crippen LogP contribution in [0.4, 0.5) is 5.13 Å². The lowest BCUT2D eigenvalue weighted by molar-refractivity contribution is -0.132. The largest absolute Gasteiger partial charge is 0.507 e. The van der Waals surface area contributed by atoms with Gasteiger partial charge in [0, 0.05) is 5.56 Å². The van der Waals surface area contributed by atoms with Gasteiger partial charge in [0.15, 0.2) is 16.6 Å². The second-order valence-corrected chi connectivity index (χ2v) is 10.1. The molecule has 1 aliphatic rings. The summed E-state index contributed by atoms with van der Waals surface area (Å²) in [6.07, 6.45) is 0. The van der Waals surface area contributed by atoms with Gasteiger partial charge in [-0.05, 0) is 73.5 Å². The first kappa shape index (κ1) is 27.0. The molecule has 4 aromatic rings. The molecule has 1 saturated heterocycles. The number of carbonyl (C=O) groups is 2. The predicted molar refractivity (Wildman–Crippen MR) is 153 cm³/mol. The molecular formula is C30H28N2O7S. The monoisotopic (exact) mass is 560 g/mol. The molecule has 1 fully saturated rings. The van der Waals surface area contributed by atoms with E-state index in [0.29, 0.717) is 51.4 Å². The number of amides is 1. The van der Waals surface area contributed by atoms with Crippen LogP contribution < -0.4 is 23.8 Å². The highest BCUT2D eigenvalue weighted by atomic mass is 32.1. The van der Waals surface area contributed by atoms with Crippen LogP contribution in [0.1, 0.15) is 29.7 Å². The van der Waals surface area contributed by atoms with Crippen molar-refractivity contribution in [2.45, 2.75) is 19.9 Å². The maximum absolute atomic E-state index is 13.6. The van der Waals surface area contributed by atoms with Crippen LogP contribution >= 0.6 is 11.3 Å². The van der Waals surface area contributed by atoms with Crippen molar-refractivity contribution in [2.24, 2.45) is 0 Å². The Morgan fingerprint density at radius 3 is 2.25 bits per heavy atom. The number of methoxy groups -OCH3 is 3. The number of ketones is 1. The molecule has 0 spiro atoms. The first-order valence-electron chi connectivity index (χ1n) is 12.5. The highest BCUT2D eigenvalue weighted by Gasteiger charge is 2.48. The van der Waals surface area contributed by atoms with Crippen molar-refractivity contribution in [3.8, 4) is 23.0 Å². The van der Waals surface area contributed by atoms with E-state index in [9.17, 15) is 14.7 Å². The van der Waals surface area contributed by atoms with Gasteiger partial charge in [0.25, 0.3) is 5.78 Å². The van der Waals surface area contributed by atoms with Crippen molar-refractivity contribution in [1.82, 2.24) is 4.98 Å². The number of aliphatic hydroxyl groups is 1.